The summed E-state index contributed by atoms with van der Waals surface area (Å²) in [5.41, 5.74) is 0.191. The average molecular weight is 278 g/mol. The number of nitrogens with one attached hydrogen (secondary N) is 1. The van der Waals surface area contributed by atoms with Gasteiger partial charge in [-0.3, -0.25) is 0 Å². The largest absolute Gasteiger partial charge is 0.314 e. The summed E-state index contributed by atoms with van der Waals surface area (Å²) in [6, 6.07) is 0.484. The fraction of sp³-hybridized carbons (Fsp3) is 1.00. The van der Waals surface area contributed by atoms with E-state index in [0.29, 0.717) is 12.6 Å². The van der Waals surface area contributed by atoms with Crippen LogP contribution in [0.5, 0.6) is 0 Å². The van der Waals surface area contributed by atoms with Crippen molar-refractivity contribution in [3.05, 3.63) is 0 Å². The number of rotatable bonds is 9. The van der Waals surface area contributed by atoms with E-state index in [1.165, 1.54) is 6.26 Å². The molecule has 0 fully saturated rings. The molecule has 0 spiro atoms. The van der Waals surface area contributed by atoms with Gasteiger partial charge in [-0.2, -0.15) is 0 Å². The van der Waals surface area contributed by atoms with Crippen molar-refractivity contribution in [3.63, 3.8) is 0 Å². The highest BCUT2D eigenvalue weighted by atomic mass is 32.2. The summed E-state index contributed by atoms with van der Waals surface area (Å²) in [6.45, 7) is 11.2. The lowest BCUT2D eigenvalue weighted by Crippen LogP contribution is -2.43. The van der Waals surface area contributed by atoms with E-state index >= 15 is 0 Å². The van der Waals surface area contributed by atoms with Gasteiger partial charge in [-0.25, -0.2) is 8.42 Å². The normalized spacial score (nSPS) is 16.2. The molecule has 1 N–H and O–H groups in total. The van der Waals surface area contributed by atoms with Gasteiger partial charge in [0.05, 0.1) is 5.75 Å². The highest BCUT2D eigenvalue weighted by Crippen LogP contribution is 2.21. The molecule has 5 heteroatoms. The summed E-state index contributed by atoms with van der Waals surface area (Å²) in [5.74, 6) is 0.237. The first-order valence-electron chi connectivity index (χ1n) is 6.67. The molecule has 0 aromatic rings. The lowest BCUT2D eigenvalue weighted by atomic mass is 9.86. The lowest BCUT2D eigenvalue weighted by molar-refractivity contribution is 0.183. The first-order chi connectivity index (χ1) is 8.08. The molecule has 0 radical (unpaired) electrons. The molecule has 0 aliphatic carbocycles. The van der Waals surface area contributed by atoms with Crippen molar-refractivity contribution in [1.82, 2.24) is 10.2 Å². The Morgan fingerprint density at radius 1 is 1.33 bits per heavy atom. The Morgan fingerprint density at radius 3 is 2.28 bits per heavy atom. The van der Waals surface area contributed by atoms with Crippen LogP contribution in [0.1, 0.15) is 34.1 Å². The smallest absolute Gasteiger partial charge is 0.148 e. The first kappa shape index (κ1) is 17.9. The minimum absolute atomic E-state index is 0.191. The first-order valence-corrected chi connectivity index (χ1v) is 8.74. The quantitative estimate of drug-likeness (QED) is 0.692. The summed E-state index contributed by atoms with van der Waals surface area (Å²) in [6.07, 6.45) is 2.37. The van der Waals surface area contributed by atoms with Crippen LogP contribution in [0.25, 0.3) is 0 Å². The van der Waals surface area contributed by atoms with Crippen molar-refractivity contribution in [3.8, 4) is 0 Å². The van der Waals surface area contributed by atoms with Crippen LogP contribution in [-0.2, 0) is 9.84 Å². The zero-order valence-electron chi connectivity index (χ0n) is 12.8. The molecule has 0 saturated carbocycles. The predicted octanol–water partition coefficient (Wildman–Crippen LogP) is 1.38. The van der Waals surface area contributed by atoms with Gasteiger partial charge in [-0.1, -0.05) is 27.7 Å². The Kier molecular flexibility index (Phi) is 7.40. The van der Waals surface area contributed by atoms with E-state index in [0.717, 1.165) is 19.5 Å². The molecule has 110 valence electrons. The van der Waals surface area contributed by atoms with Crippen LogP contribution in [0.2, 0.25) is 0 Å². The van der Waals surface area contributed by atoms with Gasteiger partial charge in [0.2, 0.25) is 0 Å². The predicted molar refractivity (Wildman–Crippen MR) is 78.7 cm³/mol. The molecule has 0 aromatic carbocycles. The van der Waals surface area contributed by atoms with E-state index in [1.807, 2.05) is 7.05 Å². The van der Waals surface area contributed by atoms with Crippen LogP contribution >= 0.6 is 0 Å². The zero-order valence-corrected chi connectivity index (χ0v) is 13.6. The van der Waals surface area contributed by atoms with Crippen LogP contribution in [-0.4, -0.2) is 58.1 Å². The molecule has 1 atom stereocenters. The van der Waals surface area contributed by atoms with Gasteiger partial charge in [-0.05, 0) is 18.9 Å². The van der Waals surface area contributed by atoms with Crippen LogP contribution < -0.4 is 5.32 Å². The number of hydrogen-bond donors (Lipinski definition) is 1. The van der Waals surface area contributed by atoms with E-state index in [4.69, 9.17) is 0 Å². The fourth-order valence-corrected chi connectivity index (χ4v) is 2.44. The van der Waals surface area contributed by atoms with E-state index in [2.05, 4.69) is 37.9 Å². The second kappa shape index (κ2) is 7.46. The monoisotopic (exact) mass is 278 g/mol. The minimum atomic E-state index is -2.86. The molecule has 0 rings (SSSR count). The van der Waals surface area contributed by atoms with Crippen LogP contribution in [0.4, 0.5) is 0 Å². The van der Waals surface area contributed by atoms with Crippen LogP contribution in [0.15, 0.2) is 0 Å². The Labute approximate surface area is 113 Å². The summed E-state index contributed by atoms with van der Waals surface area (Å²) in [5, 5.41) is 3.47. The van der Waals surface area contributed by atoms with E-state index in [-0.39, 0.29) is 11.2 Å². The molecular weight excluding hydrogens is 248 g/mol. The molecule has 18 heavy (non-hydrogen) atoms. The van der Waals surface area contributed by atoms with E-state index < -0.39 is 9.84 Å². The average Bonchev–Trinajstić information content (AvgIpc) is 2.23. The third-order valence-electron chi connectivity index (χ3n) is 3.29. The minimum Gasteiger partial charge on any atom is -0.314 e. The maximum absolute atomic E-state index is 11.1. The van der Waals surface area contributed by atoms with E-state index in [1.54, 1.807) is 0 Å². The summed E-state index contributed by atoms with van der Waals surface area (Å²) in [4.78, 5) is 2.12. The van der Waals surface area contributed by atoms with Gasteiger partial charge in [0.15, 0.2) is 0 Å². The van der Waals surface area contributed by atoms with Crippen molar-refractivity contribution >= 4 is 9.84 Å². The molecule has 0 bridgehead atoms. The van der Waals surface area contributed by atoms with Crippen molar-refractivity contribution in [2.75, 3.05) is 38.7 Å². The Morgan fingerprint density at radius 2 is 1.89 bits per heavy atom. The highest BCUT2D eigenvalue weighted by Gasteiger charge is 2.24. The van der Waals surface area contributed by atoms with Gasteiger partial charge in [-0.15, -0.1) is 0 Å². The lowest BCUT2D eigenvalue weighted by Gasteiger charge is -2.34. The standard InChI is InChI=1S/C13H30N2O2S/c1-7-13(4,10-14-12(2)3)11-15(5)8-9-18(6,16)17/h12,14H,7-11H2,1-6H3. The molecule has 0 saturated heterocycles. The SMILES string of the molecule is CCC(C)(CNC(C)C)CN(C)CCS(C)(=O)=O. The van der Waals surface area contributed by atoms with Gasteiger partial charge in [0.25, 0.3) is 0 Å². The van der Waals surface area contributed by atoms with Gasteiger partial charge >= 0.3 is 0 Å². The zero-order chi connectivity index (χ0) is 14.4. The van der Waals surface area contributed by atoms with Crippen molar-refractivity contribution in [1.29, 1.82) is 0 Å². The second-order valence-corrected chi connectivity index (χ2v) is 8.33. The third-order valence-corrected chi connectivity index (χ3v) is 4.21. The summed E-state index contributed by atoms with van der Waals surface area (Å²) >= 11 is 0. The second-order valence-electron chi connectivity index (χ2n) is 6.07. The maximum atomic E-state index is 11.1. The summed E-state index contributed by atoms with van der Waals surface area (Å²) < 4.78 is 22.3. The van der Waals surface area contributed by atoms with Crippen molar-refractivity contribution < 1.29 is 8.42 Å². The molecular formula is C13H30N2O2S. The number of nitrogens with zero attached hydrogens (tertiary/aromatic N) is 1. The molecule has 0 aliphatic heterocycles. The van der Waals surface area contributed by atoms with Gasteiger partial charge in [0, 0.05) is 31.9 Å². The molecule has 0 amide bonds. The molecule has 1 unspecified atom stereocenters. The van der Waals surface area contributed by atoms with Crippen molar-refractivity contribution in [2.45, 2.75) is 40.2 Å². The topological polar surface area (TPSA) is 49.4 Å². The number of hydrogen-bond acceptors (Lipinski definition) is 4. The molecule has 0 aromatic heterocycles. The summed E-state index contributed by atoms with van der Waals surface area (Å²) in [7, 11) is -0.870. The van der Waals surface area contributed by atoms with Crippen LogP contribution in [0.3, 0.4) is 0 Å². The third kappa shape index (κ3) is 8.89. The Bertz CT molecular complexity index is 328. The van der Waals surface area contributed by atoms with Crippen molar-refractivity contribution in [2.24, 2.45) is 5.41 Å². The van der Waals surface area contributed by atoms with E-state index in [9.17, 15) is 8.42 Å². The fourth-order valence-electron chi connectivity index (χ4n) is 1.80. The Balaban J connectivity index is 4.25. The molecule has 0 heterocycles. The maximum Gasteiger partial charge on any atom is 0.148 e. The van der Waals surface area contributed by atoms with Crippen LogP contribution in [0, 0.1) is 5.41 Å². The highest BCUT2D eigenvalue weighted by molar-refractivity contribution is 7.90. The molecule has 0 aliphatic rings. The number of sulfone groups is 1. The Hall–Kier alpha value is -0.130. The molecule has 4 nitrogen and oxygen atoms in total. The van der Waals surface area contributed by atoms with Gasteiger partial charge < -0.3 is 10.2 Å². The van der Waals surface area contributed by atoms with Gasteiger partial charge in [0.1, 0.15) is 9.84 Å².